The van der Waals surface area contributed by atoms with Crippen LogP contribution in [0.3, 0.4) is 0 Å². The normalized spacial score (nSPS) is 17.6. The van der Waals surface area contributed by atoms with Crippen LogP contribution in [-0.2, 0) is 4.79 Å². The van der Waals surface area contributed by atoms with E-state index in [1.807, 2.05) is 0 Å². The maximum absolute atomic E-state index is 13.1. The van der Waals surface area contributed by atoms with Crippen molar-refractivity contribution in [3.05, 3.63) is 76.5 Å². The molecule has 8 heteroatoms. The Morgan fingerprint density at radius 3 is 2.44 bits per heavy atom. The molecule has 0 bridgehead atoms. The molecule has 2 heterocycles. The summed E-state index contributed by atoms with van der Waals surface area (Å²) in [7, 11) is 2.89. The molecule has 2 aliphatic rings. The van der Waals surface area contributed by atoms with Crippen LogP contribution in [0.5, 0.6) is 34.5 Å². The Hall–Kier alpha value is -4.46. The van der Waals surface area contributed by atoms with Crippen molar-refractivity contribution < 1.29 is 38.7 Å². The molecule has 34 heavy (non-hydrogen) atoms. The maximum atomic E-state index is 13.1. The highest BCUT2D eigenvalue weighted by atomic mass is 16.5. The van der Waals surface area contributed by atoms with E-state index in [4.69, 9.17) is 18.9 Å². The Morgan fingerprint density at radius 1 is 0.912 bits per heavy atom. The standard InChI is InChI=1S/C26H20O8/c1-31-19-7-3-13(9-18(19)28)10-22-25(30)15-5-8-20-24(26(15)34-22)16(12-23(29)33-20)14-4-6-17(27)21(11-14)32-2/h3-11,16,27-28H,12H2,1-2H3. The van der Waals surface area contributed by atoms with Gasteiger partial charge in [0.25, 0.3) is 0 Å². The molecule has 1 unspecified atom stereocenters. The van der Waals surface area contributed by atoms with Gasteiger partial charge < -0.3 is 29.2 Å². The van der Waals surface area contributed by atoms with E-state index in [0.29, 0.717) is 39.5 Å². The van der Waals surface area contributed by atoms with Crippen molar-refractivity contribution in [1.29, 1.82) is 0 Å². The monoisotopic (exact) mass is 460 g/mol. The van der Waals surface area contributed by atoms with Gasteiger partial charge in [-0.1, -0.05) is 12.1 Å². The molecular weight excluding hydrogens is 440 g/mol. The van der Waals surface area contributed by atoms with E-state index >= 15 is 0 Å². The van der Waals surface area contributed by atoms with Crippen LogP contribution >= 0.6 is 0 Å². The minimum absolute atomic E-state index is 0.0254. The number of fused-ring (bicyclic) bond motifs is 3. The lowest BCUT2D eigenvalue weighted by Gasteiger charge is -2.26. The fourth-order valence-corrected chi connectivity index (χ4v) is 4.25. The van der Waals surface area contributed by atoms with Crippen LogP contribution in [0.25, 0.3) is 6.08 Å². The van der Waals surface area contributed by atoms with Crippen molar-refractivity contribution in [3.63, 3.8) is 0 Å². The predicted octanol–water partition coefficient (Wildman–Crippen LogP) is 4.17. The van der Waals surface area contributed by atoms with E-state index in [-0.39, 0.29) is 35.2 Å². The Labute approximate surface area is 194 Å². The van der Waals surface area contributed by atoms with Gasteiger partial charge in [0.1, 0.15) is 11.5 Å². The third-order valence-corrected chi connectivity index (χ3v) is 5.89. The van der Waals surface area contributed by atoms with Gasteiger partial charge in [-0.15, -0.1) is 0 Å². The van der Waals surface area contributed by atoms with Gasteiger partial charge in [0.05, 0.1) is 26.2 Å². The number of methoxy groups -OCH3 is 2. The highest BCUT2D eigenvalue weighted by molar-refractivity contribution is 6.15. The van der Waals surface area contributed by atoms with E-state index in [1.165, 1.54) is 32.4 Å². The molecule has 5 rings (SSSR count). The number of carbonyl (C=O) groups excluding carboxylic acids is 2. The van der Waals surface area contributed by atoms with Crippen LogP contribution in [-0.4, -0.2) is 36.2 Å². The van der Waals surface area contributed by atoms with E-state index in [0.717, 1.165) is 0 Å². The predicted molar refractivity (Wildman–Crippen MR) is 121 cm³/mol. The number of rotatable bonds is 4. The molecular formula is C26H20O8. The van der Waals surface area contributed by atoms with Crippen molar-refractivity contribution in [2.45, 2.75) is 12.3 Å². The molecule has 1 atom stereocenters. The van der Waals surface area contributed by atoms with Crippen LogP contribution in [0.15, 0.2) is 54.3 Å². The number of ketones is 1. The third kappa shape index (κ3) is 3.49. The lowest BCUT2D eigenvalue weighted by atomic mass is 9.84. The second-order valence-corrected chi connectivity index (χ2v) is 7.89. The number of esters is 1. The first-order valence-corrected chi connectivity index (χ1v) is 10.4. The zero-order valence-corrected chi connectivity index (χ0v) is 18.3. The van der Waals surface area contributed by atoms with Crippen LogP contribution < -0.4 is 18.9 Å². The molecule has 172 valence electrons. The van der Waals surface area contributed by atoms with Gasteiger partial charge in [-0.25, -0.2) is 0 Å². The minimum atomic E-state index is -0.474. The quantitative estimate of drug-likeness (QED) is 0.339. The fraction of sp³-hybridized carbons (Fsp3) is 0.154. The molecule has 8 nitrogen and oxygen atoms in total. The number of benzene rings is 3. The van der Waals surface area contributed by atoms with Crippen LogP contribution in [0, 0.1) is 0 Å². The summed E-state index contributed by atoms with van der Waals surface area (Å²) in [5.41, 5.74) is 2.17. The van der Waals surface area contributed by atoms with Gasteiger partial charge in [0.2, 0.25) is 5.78 Å². The highest BCUT2D eigenvalue weighted by Crippen LogP contribution is 2.49. The molecule has 0 radical (unpaired) electrons. The fourth-order valence-electron chi connectivity index (χ4n) is 4.25. The average Bonchev–Trinajstić information content (AvgIpc) is 3.14. The second-order valence-electron chi connectivity index (χ2n) is 7.89. The van der Waals surface area contributed by atoms with Gasteiger partial charge in [0.15, 0.2) is 28.8 Å². The first-order valence-electron chi connectivity index (χ1n) is 10.4. The summed E-state index contributed by atoms with van der Waals surface area (Å²) in [6.07, 6.45) is 1.56. The maximum Gasteiger partial charge on any atom is 0.312 e. The van der Waals surface area contributed by atoms with Crippen molar-refractivity contribution in [2.24, 2.45) is 0 Å². The molecule has 3 aromatic rings. The smallest absolute Gasteiger partial charge is 0.312 e. The number of aromatic hydroxyl groups is 2. The molecule has 0 aromatic heterocycles. The zero-order valence-electron chi connectivity index (χ0n) is 18.3. The summed E-state index contributed by atoms with van der Waals surface area (Å²) >= 11 is 0. The number of hydrogen-bond donors (Lipinski definition) is 2. The molecule has 0 saturated heterocycles. The lowest BCUT2D eigenvalue weighted by Crippen LogP contribution is -2.21. The molecule has 0 spiro atoms. The average molecular weight is 460 g/mol. The summed E-state index contributed by atoms with van der Waals surface area (Å²) in [4.78, 5) is 25.4. The number of Topliss-reactive ketones (excluding diaryl/α,β-unsaturated/α-hetero) is 1. The highest BCUT2D eigenvalue weighted by Gasteiger charge is 2.38. The van der Waals surface area contributed by atoms with Gasteiger partial charge in [-0.05, 0) is 53.6 Å². The van der Waals surface area contributed by atoms with Gasteiger partial charge >= 0.3 is 5.97 Å². The van der Waals surface area contributed by atoms with E-state index in [9.17, 15) is 19.8 Å². The SMILES string of the molecule is COc1ccc(C=C2Oc3c(ccc4c3C(c3ccc(O)c(OC)c3)CC(=O)O4)C2=O)cc1O. The molecule has 2 aliphatic heterocycles. The number of allylic oxidation sites excluding steroid dienone is 1. The van der Waals surface area contributed by atoms with Crippen molar-refractivity contribution in [2.75, 3.05) is 14.2 Å². The van der Waals surface area contributed by atoms with Crippen LogP contribution in [0.2, 0.25) is 0 Å². The zero-order chi connectivity index (χ0) is 24.0. The number of carbonyl (C=O) groups is 2. The number of phenols is 2. The van der Waals surface area contributed by atoms with Crippen molar-refractivity contribution >= 4 is 17.8 Å². The Balaban J connectivity index is 1.59. The summed E-state index contributed by atoms with van der Waals surface area (Å²) < 4.78 is 21.7. The molecule has 2 N–H and O–H groups in total. The summed E-state index contributed by atoms with van der Waals surface area (Å²) in [5.74, 6) is -0.0306. The number of hydrogen-bond acceptors (Lipinski definition) is 8. The van der Waals surface area contributed by atoms with Crippen LogP contribution in [0.1, 0.15) is 39.4 Å². The molecule has 0 amide bonds. The molecule has 0 fully saturated rings. The summed E-state index contributed by atoms with van der Waals surface area (Å²) in [6, 6.07) is 12.7. The van der Waals surface area contributed by atoms with Gasteiger partial charge in [-0.3, -0.25) is 9.59 Å². The largest absolute Gasteiger partial charge is 0.504 e. The summed E-state index contributed by atoms with van der Waals surface area (Å²) in [5, 5.41) is 20.0. The second kappa shape index (κ2) is 8.15. The van der Waals surface area contributed by atoms with Crippen LogP contribution in [0.4, 0.5) is 0 Å². The van der Waals surface area contributed by atoms with Gasteiger partial charge in [0, 0.05) is 11.5 Å². The lowest BCUT2D eigenvalue weighted by molar-refractivity contribution is -0.135. The topological polar surface area (TPSA) is 112 Å². The number of phenolic OH excluding ortho intramolecular Hbond substituents is 2. The van der Waals surface area contributed by atoms with E-state index < -0.39 is 11.9 Å². The summed E-state index contributed by atoms with van der Waals surface area (Å²) in [6.45, 7) is 0. The first kappa shape index (κ1) is 21.4. The Kier molecular flexibility index (Phi) is 5.13. The Bertz CT molecular complexity index is 1370. The third-order valence-electron chi connectivity index (χ3n) is 5.89. The minimum Gasteiger partial charge on any atom is -0.504 e. The molecule has 0 saturated carbocycles. The molecule has 3 aromatic carbocycles. The number of ether oxygens (including phenoxy) is 4. The van der Waals surface area contributed by atoms with Crippen molar-refractivity contribution in [3.8, 4) is 34.5 Å². The van der Waals surface area contributed by atoms with Crippen molar-refractivity contribution in [1.82, 2.24) is 0 Å². The Morgan fingerprint density at radius 2 is 1.71 bits per heavy atom. The van der Waals surface area contributed by atoms with Gasteiger partial charge in [-0.2, -0.15) is 0 Å². The van der Waals surface area contributed by atoms with E-state index in [2.05, 4.69) is 0 Å². The molecule has 0 aliphatic carbocycles. The first-order chi connectivity index (χ1) is 16.4. The van der Waals surface area contributed by atoms with E-state index in [1.54, 1.807) is 36.4 Å².